The molecule has 3 rings (SSSR count). The summed E-state index contributed by atoms with van der Waals surface area (Å²) in [6, 6.07) is 12.1. The van der Waals surface area contributed by atoms with Crippen molar-refractivity contribution in [2.45, 2.75) is 13.3 Å². The molecule has 0 radical (unpaired) electrons. The van der Waals surface area contributed by atoms with Crippen LogP contribution in [0.5, 0.6) is 0 Å². The second-order valence-electron chi connectivity index (χ2n) is 4.43. The zero-order valence-corrected chi connectivity index (χ0v) is 10.2. The first-order valence-electron chi connectivity index (χ1n) is 5.88. The minimum absolute atomic E-state index is 0.731. The van der Waals surface area contributed by atoms with Crippen LogP contribution < -0.4 is 5.73 Å². The van der Waals surface area contributed by atoms with Crippen LogP contribution in [0.15, 0.2) is 42.6 Å². The number of pyridine rings is 1. The molecule has 0 fully saturated rings. The molecule has 4 nitrogen and oxygen atoms in total. The van der Waals surface area contributed by atoms with Gasteiger partial charge in [0.05, 0.1) is 0 Å². The van der Waals surface area contributed by atoms with Crippen LogP contribution in [0.25, 0.3) is 5.65 Å². The molecule has 0 aliphatic carbocycles. The molecule has 0 unspecified atom stereocenters. The number of fused-ring (bicyclic) bond motifs is 1. The molecular weight excluding hydrogens is 224 g/mol. The van der Waals surface area contributed by atoms with Crippen LogP contribution in [0.3, 0.4) is 0 Å². The van der Waals surface area contributed by atoms with Gasteiger partial charge in [0.2, 0.25) is 0 Å². The summed E-state index contributed by atoms with van der Waals surface area (Å²) in [6.07, 6.45) is 2.63. The summed E-state index contributed by atoms with van der Waals surface area (Å²) in [5, 5.41) is 8.46. The topological polar surface area (TPSA) is 56.2 Å². The first kappa shape index (κ1) is 10.8. The number of hydrogen-bond acceptors (Lipinski definition) is 3. The van der Waals surface area contributed by atoms with E-state index in [4.69, 9.17) is 5.73 Å². The molecule has 18 heavy (non-hydrogen) atoms. The monoisotopic (exact) mass is 238 g/mol. The van der Waals surface area contributed by atoms with E-state index >= 15 is 0 Å². The molecule has 2 N–H and O–H groups in total. The predicted molar refractivity (Wildman–Crippen MR) is 71.4 cm³/mol. The molecule has 1 aromatic carbocycles. The highest BCUT2D eigenvalue weighted by molar-refractivity contribution is 5.54. The van der Waals surface area contributed by atoms with Crippen LogP contribution in [0, 0.1) is 6.92 Å². The Kier molecular flexibility index (Phi) is 2.48. The summed E-state index contributed by atoms with van der Waals surface area (Å²) >= 11 is 0. The molecule has 0 spiro atoms. The zero-order chi connectivity index (χ0) is 12.5. The van der Waals surface area contributed by atoms with Crippen LogP contribution in [0.4, 0.5) is 5.69 Å². The summed E-state index contributed by atoms with van der Waals surface area (Å²) in [5.41, 5.74) is 9.73. The van der Waals surface area contributed by atoms with Crippen LogP contribution in [-0.2, 0) is 6.42 Å². The van der Waals surface area contributed by atoms with Gasteiger partial charge in [0.25, 0.3) is 0 Å². The Morgan fingerprint density at radius 1 is 1.17 bits per heavy atom. The second kappa shape index (κ2) is 4.14. The highest BCUT2D eigenvalue weighted by Crippen LogP contribution is 2.15. The molecule has 2 heterocycles. The van der Waals surface area contributed by atoms with Crippen LogP contribution in [0.2, 0.25) is 0 Å². The Labute approximate surface area is 105 Å². The molecule has 90 valence electrons. The second-order valence-corrected chi connectivity index (χ2v) is 4.43. The molecule has 0 aliphatic heterocycles. The number of aryl methyl sites for hydroxylation is 1. The van der Waals surface area contributed by atoms with Gasteiger partial charge in [0, 0.05) is 18.3 Å². The fourth-order valence-corrected chi connectivity index (χ4v) is 2.13. The summed E-state index contributed by atoms with van der Waals surface area (Å²) in [4.78, 5) is 0. The van der Waals surface area contributed by atoms with Gasteiger partial charge in [-0.25, -0.2) is 0 Å². The Balaban J connectivity index is 2.08. The third-order valence-electron chi connectivity index (χ3n) is 2.99. The fourth-order valence-electron chi connectivity index (χ4n) is 2.13. The first-order chi connectivity index (χ1) is 8.74. The Bertz CT molecular complexity index is 686. The lowest BCUT2D eigenvalue weighted by Crippen LogP contribution is -1.99. The third kappa shape index (κ3) is 1.82. The minimum Gasteiger partial charge on any atom is -0.398 e. The predicted octanol–water partition coefficient (Wildman–Crippen LogP) is 2.21. The quantitative estimate of drug-likeness (QED) is 0.744. The number of benzene rings is 1. The maximum atomic E-state index is 5.87. The lowest BCUT2D eigenvalue weighted by Gasteiger charge is -2.03. The Hall–Kier alpha value is -2.36. The number of nitrogens with two attached hydrogens (primary N) is 1. The van der Waals surface area contributed by atoms with E-state index in [0.29, 0.717) is 0 Å². The van der Waals surface area contributed by atoms with E-state index in [2.05, 4.69) is 22.3 Å². The highest BCUT2D eigenvalue weighted by atomic mass is 15.2. The van der Waals surface area contributed by atoms with Crippen molar-refractivity contribution in [2.75, 3.05) is 5.73 Å². The number of nitrogen functional groups attached to an aromatic ring is 1. The van der Waals surface area contributed by atoms with Gasteiger partial charge in [-0.05, 0) is 24.1 Å². The van der Waals surface area contributed by atoms with Gasteiger partial charge < -0.3 is 5.73 Å². The zero-order valence-electron chi connectivity index (χ0n) is 10.2. The van der Waals surface area contributed by atoms with E-state index in [1.807, 2.05) is 41.8 Å². The van der Waals surface area contributed by atoms with E-state index in [-0.39, 0.29) is 0 Å². The van der Waals surface area contributed by atoms with Gasteiger partial charge in [-0.1, -0.05) is 30.3 Å². The third-order valence-corrected chi connectivity index (χ3v) is 2.99. The number of aromatic nitrogens is 3. The fraction of sp³-hybridized carbons (Fsp3) is 0.143. The van der Waals surface area contributed by atoms with Gasteiger partial charge in [-0.15, -0.1) is 10.2 Å². The van der Waals surface area contributed by atoms with Crippen LogP contribution in [-0.4, -0.2) is 14.6 Å². The van der Waals surface area contributed by atoms with Crippen molar-refractivity contribution in [3.05, 3.63) is 59.5 Å². The van der Waals surface area contributed by atoms with E-state index in [1.165, 1.54) is 5.56 Å². The van der Waals surface area contributed by atoms with Gasteiger partial charge in [0.15, 0.2) is 5.65 Å². The molecule has 0 amide bonds. The van der Waals surface area contributed by atoms with Crippen LogP contribution in [0.1, 0.15) is 17.0 Å². The van der Waals surface area contributed by atoms with E-state index < -0.39 is 0 Å². The van der Waals surface area contributed by atoms with Crippen molar-refractivity contribution in [1.29, 1.82) is 0 Å². The molecule has 0 aliphatic rings. The maximum absolute atomic E-state index is 5.87. The number of hydrogen-bond donors (Lipinski definition) is 1. The van der Waals surface area contributed by atoms with E-state index in [0.717, 1.165) is 29.1 Å². The van der Waals surface area contributed by atoms with Crippen molar-refractivity contribution in [3.8, 4) is 0 Å². The Morgan fingerprint density at radius 3 is 2.72 bits per heavy atom. The van der Waals surface area contributed by atoms with E-state index in [9.17, 15) is 0 Å². The molecule has 0 saturated heterocycles. The average Bonchev–Trinajstić information content (AvgIpc) is 2.74. The van der Waals surface area contributed by atoms with Crippen LogP contribution >= 0.6 is 0 Å². The standard InChI is InChI=1S/C14H14N4/c1-10-7-12(15)9-18-13(16-17-14(10)18)8-11-5-3-2-4-6-11/h2-7,9H,8,15H2,1H3. The smallest absolute Gasteiger partial charge is 0.163 e. The lowest BCUT2D eigenvalue weighted by molar-refractivity contribution is 0.935. The Morgan fingerprint density at radius 2 is 1.94 bits per heavy atom. The largest absolute Gasteiger partial charge is 0.398 e. The first-order valence-corrected chi connectivity index (χ1v) is 5.88. The summed E-state index contributed by atoms with van der Waals surface area (Å²) < 4.78 is 1.97. The van der Waals surface area contributed by atoms with E-state index in [1.54, 1.807) is 0 Å². The lowest BCUT2D eigenvalue weighted by atomic mass is 10.1. The summed E-state index contributed by atoms with van der Waals surface area (Å²) in [6.45, 7) is 1.99. The van der Waals surface area contributed by atoms with Gasteiger partial charge >= 0.3 is 0 Å². The van der Waals surface area contributed by atoms with Crippen molar-refractivity contribution >= 4 is 11.3 Å². The summed E-state index contributed by atoms with van der Waals surface area (Å²) in [5.74, 6) is 0.909. The SMILES string of the molecule is Cc1cc(N)cn2c(Cc3ccccc3)nnc12. The highest BCUT2D eigenvalue weighted by Gasteiger charge is 2.08. The van der Waals surface area contributed by atoms with Gasteiger partial charge in [-0.2, -0.15) is 0 Å². The molecule has 0 bridgehead atoms. The average molecular weight is 238 g/mol. The van der Waals surface area contributed by atoms with Crippen molar-refractivity contribution in [1.82, 2.24) is 14.6 Å². The normalized spacial score (nSPS) is 10.9. The molecule has 0 saturated carbocycles. The minimum atomic E-state index is 0.731. The molecule has 3 aromatic rings. The summed E-state index contributed by atoms with van der Waals surface area (Å²) in [7, 11) is 0. The molecule has 2 aromatic heterocycles. The van der Waals surface area contributed by atoms with Gasteiger partial charge in [0.1, 0.15) is 5.82 Å². The number of nitrogens with zero attached hydrogens (tertiary/aromatic N) is 3. The maximum Gasteiger partial charge on any atom is 0.163 e. The van der Waals surface area contributed by atoms with Crippen molar-refractivity contribution in [3.63, 3.8) is 0 Å². The molecule has 4 heteroatoms. The van der Waals surface area contributed by atoms with Crippen molar-refractivity contribution < 1.29 is 0 Å². The molecule has 0 atom stereocenters. The van der Waals surface area contributed by atoms with Crippen molar-refractivity contribution in [2.24, 2.45) is 0 Å². The molecular formula is C14H14N4. The number of rotatable bonds is 2. The van der Waals surface area contributed by atoms with Gasteiger partial charge in [-0.3, -0.25) is 4.40 Å². The number of anilines is 1.